The molecule has 1 unspecified atom stereocenters. The van der Waals surface area contributed by atoms with E-state index in [1.54, 1.807) is 0 Å². The lowest BCUT2D eigenvalue weighted by molar-refractivity contribution is -0.145. The molecule has 4 aliphatic rings. The van der Waals surface area contributed by atoms with Crippen LogP contribution in [0, 0.1) is 5.92 Å². The molecule has 3 fully saturated rings. The van der Waals surface area contributed by atoms with Crippen molar-refractivity contribution < 1.29 is 46.8 Å². The summed E-state index contributed by atoms with van der Waals surface area (Å²) in [5, 5.41) is 14.3. The first-order chi connectivity index (χ1) is 20.4. The molecular weight excluding hydrogens is 568 g/mol. The van der Waals surface area contributed by atoms with Crippen molar-refractivity contribution >= 4 is 16.1 Å². The third-order valence-electron chi connectivity index (χ3n) is 8.12. The zero-order valence-corrected chi connectivity index (χ0v) is 23.9. The molecule has 13 heteroatoms. The lowest BCUT2D eigenvalue weighted by Gasteiger charge is -2.31. The Hall–Kier alpha value is -2.94. The highest BCUT2D eigenvalue weighted by atomic mass is 32.2. The molecule has 5 atom stereocenters. The van der Waals surface area contributed by atoms with Crippen LogP contribution in [0.3, 0.4) is 0 Å². The number of rotatable bonds is 11. The van der Waals surface area contributed by atoms with Gasteiger partial charge in [-0.25, -0.2) is 13.2 Å². The van der Waals surface area contributed by atoms with Crippen molar-refractivity contribution in [1.29, 1.82) is 0 Å². The fraction of sp³-hybridized carbons (Fsp3) is 0.552. The van der Waals surface area contributed by atoms with Gasteiger partial charge < -0.3 is 34.1 Å². The van der Waals surface area contributed by atoms with Crippen LogP contribution in [0.4, 0.5) is 4.79 Å². The Labute approximate surface area is 244 Å². The fourth-order valence-electron chi connectivity index (χ4n) is 5.81. The number of nitrogens with zero attached hydrogens (tertiary/aromatic N) is 1. The second kappa shape index (κ2) is 12.7. The monoisotopic (exact) mass is 604 g/mol. The largest absolute Gasteiger partial charge is 0.454 e. The number of aliphatic hydroxyl groups is 1. The number of ether oxygens (including phenoxy) is 5. The van der Waals surface area contributed by atoms with Gasteiger partial charge in [-0.3, -0.25) is 4.84 Å². The molecule has 228 valence electrons. The molecule has 6 rings (SSSR count). The first-order valence-electron chi connectivity index (χ1n) is 14.4. The Balaban J connectivity index is 1.21. The Morgan fingerprint density at radius 1 is 1.05 bits per heavy atom. The molecule has 2 saturated heterocycles. The Bertz CT molecular complexity index is 1340. The van der Waals surface area contributed by atoms with Crippen LogP contribution in [0.5, 0.6) is 11.5 Å². The molecule has 42 heavy (non-hydrogen) atoms. The van der Waals surface area contributed by atoms with E-state index in [4.69, 9.17) is 28.5 Å². The van der Waals surface area contributed by atoms with E-state index in [0.29, 0.717) is 30.9 Å². The summed E-state index contributed by atoms with van der Waals surface area (Å²) in [5.41, 5.74) is 0.845. The van der Waals surface area contributed by atoms with Gasteiger partial charge in [0.15, 0.2) is 17.8 Å². The lowest BCUT2D eigenvalue weighted by atomic mass is 10.0. The number of benzene rings is 2. The van der Waals surface area contributed by atoms with Crippen LogP contribution in [0.25, 0.3) is 0 Å². The van der Waals surface area contributed by atoms with Crippen molar-refractivity contribution in [2.45, 2.75) is 74.1 Å². The molecule has 2 N–H and O–H groups in total. The summed E-state index contributed by atoms with van der Waals surface area (Å²) in [5.74, 6) is 0.719. The number of alkyl carbamates (subject to hydrolysis) is 1. The number of carbonyl (C=O) groups excluding carboxylic acids is 1. The lowest BCUT2D eigenvalue weighted by Crippen LogP contribution is -2.51. The number of hydrogen-bond donors (Lipinski definition) is 2. The van der Waals surface area contributed by atoms with Crippen molar-refractivity contribution in [2.75, 3.05) is 26.6 Å². The summed E-state index contributed by atoms with van der Waals surface area (Å²) in [6, 6.07) is 12.8. The van der Waals surface area contributed by atoms with Crippen LogP contribution in [0.1, 0.15) is 37.7 Å². The SMILES string of the molecule is O=C(N[C@@H](Cc1ccccc1)[C@H](O)CN(OC1CCCC1)S(=O)(=O)c1ccc2c(c1)OCO2)OC1CO[C@H]2OCC[C@@H]12. The molecule has 0 spiro atoms. The number of aliphatic hydroxyl groups excluding tert-OH is 1. The van der Waals surface area contributed by atoms with E-state index in [9.17, 15) is 18.3 Å². The number of amides is 1. The minimum atomic E-state index is -4.23. The van der Waals surface area contributed by atoms with Gasteiger partial charge in [0.25, 0.3) is 10.0 Å². The second-order valence-corrected chi connectivity index (χ2v) is 12.8. The molecule has 1 saturated carbocycles. The number of nitrogens with one attached hydrogen (secondary N) is 1. The molecule has 0 bridgehead atoms. The highest BCUT2D eigenvalue weighted by Crippen LogP contribution is 2.36. The van der Waals surface area contributed by atoms with E-state index in [-0.39, 0.29) is 43.0 Å². The zero-order chi connectivity index (χ0) is 29.1. The van der Waals surface area contributed by atoms with Crippen LogP contribution in [0.2, 0.25) is 0 Å². The fourth-order valence-corrected chi connectivity index (χ4v) is 7.13. The number of sulfonamides is 1. The van der Waals surface area contributed by atoms with Gasteiger partial charge in [0.05, 0.1) is 48.8 Å². The average Bonchev–Trinajstić information content (AvgIpc) is 3.79. The van der Waals surface area contributed by atoms with Gasteiger partial charge in [-0.05, 0) is 43.4 Å². The van der Waals surface area contributed by atoms with E-state index in [0.717, 1.165) is 29.3 Å². The molecule has 0 aromatic heterocycles. The molecule has 3 heterocycles. The van der Waals surface area contributed by atoms with Crippen LogP contribution < -0.4 is 14.8 Å². The number of fused-ring (bicyclic) bond motifs is 2. The molecule has 12 nitrogen and oxygen atoms in total. The van der Waals surface area contributed by atoms with Crippen molar-refractivity contribution in [1.82, 2.24) is 9.79 Å². The third-order valence-corrected chi connectivity index (χ3v) is 9.75. The van der Waals surface area contributed by atoms with E-state index in [2.05, 4.69) is 5.32 Å². The predicted molar refractivity (Wildman–Crippen MR) is 147 cm³/mol. The van der Waals surface area contributed by atoms with E-state index >= 15 is 0 Å². The molecule has 3 aliphatic heterocycles. The molecule has 2 aromatic rings. The van der Waals surface area contributed by atoms with Crippen LogP contribution in [0.15, 0.2) is 53.4 Å². The minimum Gasteiger partial charge on any atom is -0.454 e. The third kappa shape index (κ3) is 6.51. The van der Waals surface area contributed by atoms with Gasteiger partial charge in [-0.15, -0.1) is 0 Å². The first kappa shape index (κ1) is 29.1. The number of hydroxylamine groups is 1. The summed E-state index contributed by atoms with van der Waals surface area (Å²) in [7, 11) is -4.23. The van der Waals surface area contributed by atoms with Gasteiger partial charge in [0.1, 0.15) is 6.10 Å². The Morgan fingerprint density at radius 2 is 1.83 bits per heavy atom. The predicted octanol–water partition coefficient (Wildman–Crippen LogP) is 2.74. The van der Waals surface area contributed by atoms with Crippen LogP contribution in [-0.4, -0.2) is 81.3 Å². The zero-order valence-electron chi connectivity index (χ0n) is 23.1. The summed E-state index contributed by atoms with van der Waals surface area (Å²) in [6.45, 7) is 0.354. The number of carbonyl (C=O) groups is 1. The standard InChI is InChI=1S/C29H36N2O10S/c32-24(16-31(41-20-8-4-5-9-20)42(34,35)21-10-11-25-26(15-21)39-18-38-25)23(14-19-6-2-1-3-7-19)30-29(33)40-27-17-37-28-22(27)12-13-36-28/h1-3,6-7,10-11,15,20,22-24,27-28,32H,4-5,8-9,12-14,16-18H2,(H,30,33)/t22-,23-,24+,27?,28+/m0/s1. The van der Waals surface area contributed by atoms with Crippen LogP contribution >= 0.6 is 0 Å². The van der Waals surface area contributed by atoms with Gasteiger partial charge in [-0.2, -0.15) is 0 Å². The summed E-state index contributed by atoms with van der Waals surface area (Å²) in [6.07, 6.45) is 0.988. The van der Waals surface area contributed by atoms with Gasteiger partial charge in [0.2, 0.25) is 6.79 Å². The van der Waals surface area contributed by atoms with Gasteiger partial charge in [0, 0.05) is 6.07 Å². The maximum Gasteiger partial charge on any atom is 0.407 e. The second-order valence-electron chi connectivity index (χ2n) is 11.0. The normalized spacial score (nSPS) is 25.0. The molecule has 2 aromatic carbocycles. The number of hydrogen-bond acceptors (Lipinski definition) is 10. The summed E-state index contributed by atoms with van der Waals surface area (Å²) < 4.78 is 56.0. The highest BCUT2D eigenvalue weighted by Gasteiger charge is 2.44. The first-order valence-corrected chi connectivity index (χ1v) is 15.8. The minimum absolute atomic E-state index is 0.00415. The molecule has 0 radical (unpaired) electrons. The molecular formula is C29H36N2O10S. The average molecular weight is 605 g/mol. The Morgan fingerprint density at radius 3 is 2.64 bits per heavy atom. The van der Waals surface area contributed by atoms with Crippen molar-refractivity contribution in [2.24, 2.45) is 5.92 Å². The van der Waals surface area contributed by atoms with Crippen molar-refractivity contribution in [3.05, 3.63) is 54.1 Å². The molecule has 1 amide bonds. The van der Waals surface area contributed by atoms with Crippen molar-refractivity contribution in [3.63, 3.8) is 0 Å². The van der Waals surface area contributed by atoms with Crippen molar-refractivity contribution in [3.8, 4) is 11.5 Å². The maximum atomic E-state index is 13.9. The van der Waals surface area contributed by atoms with Gasteiger partial charge >= 0.3 is 6.09 Å². The van der Waals surface area contributed by atoms with Gasteiger partial charge in [-0.1, -0.05) is 47.6 Å². The van der Waals surface area contributed by atoms with Crippen LogP contribution in [-0.2, 0) is 35.5 Å². The quantitative estimate of drug-likeness (QED) is 0.368. The molecule has 1 aliphatic carbocycles. The summed E-state index contributed by atoms with van der Waals surface area (Å²) >= 11 is 0. The van der Waals surface area contributed by atoms with E-state index < -0.39 is 40.9 Å². The van der Waals surface area contributed by atoms with E-state index in [1.807, 2.05) is 30.3 Å². The maximum absolute atomic E-state index is 13.9. The smallest absolute Gasteiger partial charge is 0.407 e. The summed E-state index contributed by atoms with van der Waals surface area (Å²) in [4.78, 5) is 19.0. The Kier molecular flexibility index (Phi) is 8.84. The topological polar surface area (TPSA) is 142 Å². The highest BCUT2D eigenvalue weighted by molar-refractivity contribution is 7.89. The van der Waals surface area contributed by atoms with E-state index in [1.165, 1.54) is 18.2 Å².